The Kier molecular flexibility index (Phi) is 6.87. The number of likely N-dealkylation sites (tertiary alicyclic amines) is 1. The van der Waals surface area contributed by atoms with Gasteiger partial charge in [-0.1, -0.05) is 60.1 Å². The van der Waals surface area contributed by atoms with Gasteiger partial charge in [0.25, 0.3) is 5.91 Å². The highest BCUT2D eigenvalue weighted by Crippen LogP contribution is 2.33. The van der Waals surface area contributed by atoms with Crippen molar-refractivity contribution >= 4 is 23.4 Å². The van der Waals surface area contributed by atoms with Crippen LogP contribution in [0, 0.1) is 17.7 Å². The minimum absolute atomic E-state index is 0.0375. The van der Waals surface area contributed by atoms with Crippen LogP contribution in [0.25, 0.3) is 11.1 Å². The van der Waals surface area contributed by atoms with Crippen LogP contribution in [0.1, 0.15) is 35.2 Å². The molecule has 180 valence electrons. The fraction of sp³-hybridized carbons (Fsp3) is 0.310. The van der Waals surface area contributed by atoms with Crippen molar-refractivity contribution in [3.8, 4) is 11.1 Å². The molecule has 3 aromatic carbocycles. The van der Waals surface area contributed by atoms with E-state index in [9.17, 15) is 14.0 Å². The second kappa shape index (κ2) is 10.2. The summed E-state index contributed by atoms with van der Waals surface area (Å²) in [6.45, 7) is 2.63. The maximum atomic E-state index is 13.6. The van der Waals surface area contributed by atoms with Crippen molar-refractivity contribution in [3.05, 3.63) is 94.8 Å². The van der Waals surface area contributed by atoms with Crippen LogP contribution >= 0.6 is 11.6 Å². The zero-order valence-corrected chi connectivity index (χ0v) is 20.3. The average molecular weight is 491 g/mol. The highest BCUT2D eigenvalue weighted by molar-refractivity contribution is 6.31. The Morgan fingerprint density at radius 3 is 2.34 bits per heavy atom. The number of halogens is 2. The Balaban J connectivity index is 1.32. The first-order chi connectivity index (χ1) is 17.0. The summed E-state index contributed by atoms with van der Waals surface area (Å²) in [7, 11) is 0. The lowest BCUT2D eigenvalue weighted by atomic mass is 10.0. The second-order valence-corrected chi connectivity index (χ2v) is 10.00. The number of amides is 2. The lowest BCUT2D eigenvalue weighted by Gasteiger charge is -2.26. The summed E-state index contributed by atoms with van der Waals surface area (Å²) in [6.07, 6.45) is 2.94. The van der Waals surface area contributed by atoms with Gasteiger partial charge in [0, 0.05) is 37.7 Å². The second-order valence-electron chi connectivity index (χ2n) is 9.59. The van der Waals surface area contributed by atoms with Crippen molar-refractivity contribution in [2.24, 2.45) is 11.8 Å². The van der Waals surface area contributed by atoms with E-state index in [1.54, 1.807) is 12.1 Å². The number of carbonyl (C=O) groups excluding carboxylic acids is 2. The number of carbonyl (C=O) groups is 2. The van der Waals surface area contributed by atoms with Crippen LogP contribution in [0.15, 0.2) is 72.8 Å². The predicted octanol–water partition coefficient (Wildman–Crippen LogP) is 6.05. The van der Waals surface area contributed by atoms with Crippen LogP contribution in [0.2, 0.25) is 5.02 Å². The molecule has 1 saturated heterocycles. The Morgan fingerprint density at radius 1 is 0.943 bits per heavy atom. The van der Waals surface area contributed by atoms with Crippen molar-refractivity contribution < 1.29 is 14.0 Å². The molecule has 1 saturated carbocycles. The Labute approximate surface area is 210 Å². The maximum Gasteiger partial charge on any atom is 0.254 e. The van der Waals surface area contributed by atoms with Crippen molar-refractivity contribution in [3.63, 3.8) is 0 Å². The van der Waals surface area contributed by atoms with Gasteiger partial charge in [-0.15, -0.1) is 0 Å². The molecule has 1 aliphatic heterocycles. The smallest absolute Gasteiger partial charge is 0.254 e. The van der Waals surface area contributed by atoms with Crippen LogP contribution in [0.3, 0.4) is 0 Å². The highest BCUT2D eigenvalue weighted by atomic mass is 35.5. The van der Waals surface area contributed by atoms with E-state index in [1.807, 2.05) is 64.4 Å². The first-order valence-corrected chi connectivity index (χ1v) is 12.5. The van der Waals surface area contributed by atoms with Crippen molar-refractivity contribution in [2.45, 2.75) is 25.8 Å². The number of hydrogen-bond acceptors (Lipinski definition) is 2. The lowest BCUT2D eigenvalue weighted by molar-refractivity contribution is -0.131. The first kappa shape index (κ1) is 23.6. The van der Waals surface area contributed by atoms with E-state index in [0.717, 1.165) is 49.0 Å². The molecule has 4 nitrogen and oxygen atoms in total. The van der Waals surface area contributed by atoms with E-state index in [2.05, 4.69) is 0 Å². The van der Waals surface area contributed by atoms with Gasteiger partial charge in [-0.3, -0.25) is 9.59 Å². The summed E-state index contributed by atoms with van der Waals surface area (Å²) in [5, 5.41) is 0.0717. The third-order valence-corrected chi connectivity index (χ3v) is 7.18. The van der Waals surface area contributed by atoms with E-state index in [4.69, 9.17) is 11.6 Å². The Morgan fingerprint density at radius 2 is 1.66 bits per heavy atom. The van der Waals surface area contributed by atoms with Gasteiger partial charge in [-0.25, -0.2) is 4.39 Å². The standard InChI is InChI=1S/C29H28ClFN2O2/c30-26-16-25(12-13-27(26)31)22-6-8-24(9-7-22)29(35)33(17-20-4-2-1-3-5-20)19-21-14-15-32(18-21)28(34)23-10-11-23/h1-9,12-13,16,21,23H,10-11,14-15,17-19H2. The number of benzene rings is 3. The molecule has 0 spiro atoms. The van der Waals surface area contributed by atoms with Gasteiger partial charge in [0.1, 0.15) is 5.82 Å². The Bertz CT molecular complexity index is 1210. The molecule has 0 N–H and O–H groups in total. The summed E-state index contributed by atoms with van der Waals surface area (Å²) in [4.78, 5) is 30.0. The summed E-state index contributed by atoms with van der Waals surface area (Å²) >= 11 is 5.94. The van der Waals surface area contributed by atoms with Crippen molar-refractivity contribution in [1.29, 1.82) is 0 Å². The molecule has 0 radical (unpaired) electrons. The normalized spacial score (nSPS) is 17.4. The molecule has 0 aromatic heterocycles. The number of hydrogen-bond donors (Lipinski definition) is 0. The van der Waals surface area contributed by atoms with E-state index in [-0.39, 0.29) is 28.7 Å². The minimum atomic E-state index is -0.455. The molecule has 1 atom stereocenters. The zero-order valence-electron chi connectivity index (χ0n) is 19.5. The van der Waals surface area contributed by atoms with E-state index in [1.165, 1.54) is 6.07 Å². The van der Waals surface area contributed by atoms with E-state index < -0.39 is 5.82 Å². The van der Waals surface area contributed by atoms with Crippen LogP contribution < -0.4 is 0 Å². The topological polar surface area (TPSA) is 40.6 Å². The van der Waals surface area contributed by atoms with Crippen molar-refractivity contribution in [2.75, 3.05) is 19.6 Å². The molecule has 3 aromatic rings. The van der Waals surface area contributed by atoms with Gasteiger partial charge < -0.3 is 9.80 Å². The summed E-state index contributed by atoms with van der Waals surface area (Å²) in [6, 6.07) is 21.9. The maximum absolute atomic E-state index is 13.6. The van der Waals surface area contributed by atoms with Gasteiger partial charge in [-0.2, -0.15) is 0 Å². The van der Waals surface area contributed by atoms with Crippen LogP contribution in [-0.4, -0.2) is 41.2 Å². The molecular weight excluding hydrogens is 463 g/mol. The van der Waals surface area contributed by atoms with E-state index in [0.29, 0.717) is 18.7 Å². The summed E-state index contributed by atoms with van der Waals surface area (Å²) < 4.78 is 13.5. The SMILES string of the molecule is O=C(c1ccc(-c2ccc(F)c(Cl)c2)cc1)N(Cc1ccccc1)CC1CCN(C(=O)C2CC2)C1. The summed E-state index contributed by atoms with van der Waals surface area (Å²) in [5.74, 6) is 0.286. The minimum Gasteiger partial charge on any atom is -0.342 e. The average Bonchev–Trinajstić information content (AvgIpc) is 3.63. The van der Waals surface area contributed by atoms with Crippen LogP contribution in [0.4, 0.5) is 4.39 Å². The number of nitrogens with zero attached hydrogens (tertiary/aromatic N) is 2. The molecule has 5 rings (SSSR count). The van der Waals surface area contributed by atoms with Gasteiger partial charge in [0.05, 0.1) is 5.02 Å². The Hall–Kier alpha value is -3.18. The molecule has 6 heteroatoms. The van der Waals surface area contributed by atoms with Gasteiger partial charge >= 0.3 is 0 Å². The molecule has 0 bridgehead atoms. The molecule has 2 aliphatic rings. The molecule has 2 amide bonds. The first-order valence-electron chi connectivity index (χ1n) is 12.2. The van der Waals surface area contributed by atoms with Gasteiger partial charge in [0.15, 0.2) is 0 Å². The lowest BCUT2D eigenvalue weighted by Crippen LogP contribution is -2.37. The van der Waals surface area contributed by atoms with E-state index >= 15 is 0 Å². The van der Waals surface area contributed by atoms with Crippen LogP contribution in [0.5, 0.6) is 0 Å². The zero-order chi connectivity index (χ0) is 24.4. The third-order valence-electron chi connectivity index (χ3n) is 6.89. The largest absolute Gasteiger partial charge is 0.342 e. The summed E-state index contributed by atoms with van der Waals surface area (Å²) in [5.41, 5.74) is 3.33. The quantitative estimate of drug-likeness (QED) is 0.404. The highest BCUT2D eigenvalue weighted by Gasteiger charge is 2.37. The molecule has 1 aliphatic carbocycles. The molecule has 2 fully saturated rings. The third kappa shape index (κ3) is 5.57. The fourth-order valence-corrected chi connectivity index (χ4v) is 4.95. The van der Waals surface area contributed by atoms with Crippen molar-refractivity contribution in [1.82, 2.24) is 9.80 Å². The fourth-order valence-electron chi connectivity index (χ4n) is 4.77. The number of rotatable bonds is 7. The molecule has 1 heterocycles. The molecular formula is C29H28ClFN2O2. The van der Waals surface area contributed by atoms with Crippen LogP contribution in [-0.2, 0) is 11.3 Å². The van der Waals surface area contributed by atoms with Gasteiger partial charge in [0.2, 0.25) is 5.91 Å². The van der Waals surface area contributed by atoms with Gasteiger partial charge in [-0.05, 0) is 66.1 Å². The molecule has 1 unspecified atom stereocenters. The predicted molar refractivity (Wildman–Crippen MR) is 135 cm³/mol. The monoisotopic (exact) mass is 490 g/mol. The molecule has 35 heavy (non-hydrogen) atoms.